The molecule has 2 aromatic rings. The first-order valence-electron chi connectivity index (χ1n) is 4.73. The summed E-state index contributed by atoms with van der Waals surface area (Å²) in [5.74, 6) is -0.856. The molecule has 0 amide bonds. The lowest BCUT2D eigenvalue weighted by molar-refractivity contribution is -0.137. The molecule has 2 N–H and O–H groups in total. The Balaban J connectivity index is 2.32. The van der Waals surface area contributed by atoms with Gasteiger partial charge in [-0.05, 0) is 25.1 Å². The minimum Gasteiger partial charge on any atom is -0.480 e. The van der Waals surface area contributed by atoms with E-state index in [0.717, 1.165) is 11.2 Å². The van der Waals surface area contributed by atoms with Crippen LogP contribution < -0.4 is 5.32 Å². The third-order valence-electron chi connectivity index (χ3n) is 2.31. The summed E-state index contributed by atoms with van der Waals surface area (Å²) in [5.41, 5.74) is 1.82. The summed E-state index contributed by atoms with van der Waals surface area (Å²) in [5, 5.41) is 11.7. The molecule has 78 valence electrons. The molecule has 4 nitrogen and oxygen atoms in total. The van der Waals surface area contributed by atoms with Crippen molar-refractivity contribution in [3.8, 4) is 0 Å². The highest BCUT2D eigenvalue weighted by Crippen LogP contribution is 2.18. The van der Waals surface area contributed by atoms with E-state index in [1.165, 1.54) is 0 Å². The van der Waals surface area contributed by atoms with E-state index in [-0.39, 0.29) is 0 Å². The zero-order valence-electron chi connectivity index (χ0n) is 8.34. The van der Waals surface area contributed by atoms with Crippen LogP contribution in [0.2, 0.25) is 0 Å². The molecule has 0 aliphatic heterocycles. The molecule has 0 aliphatic rings. The van der Waals surface area contributed by atoms with Gasteiger partial charge in [0.05, 0.1) is 11.2 Å². The number of rotatable bonds is 3. The van der Waals surface area contributed by atoms with E-state index in [2.05, 4.69) is 5.32 Å². The molecule has 0 aromatic carbocycles. The molecule has 0 spiro atoms. The second-order valence-corrected chi connectivity index (χ2v) is 3.43. The first kappa shape index (κ1) is 9.58. The van der Waals surface area contributed by atoms with Crippen LogP contribution in [0.15, 0.2) is 36.7 Å². The molecule has 4 heteroatoms. The molecule has 0 radical (unpaired) electrons. The van der Waals surface area contributed by atoms with Gasteiger partial charge in [0.1, 0.15) is 6.04 Å². The van der Waals surface area contributed by atoms with Crippen molar-refractivity contribution in [2.45, 2.75) is 13.0 Å². The van der Waals surface area contributed by atoms with Crippen molar-refractivity contribution >= 4 is 17.2 Å². The van der Waals surface area contributed by atoms with Crippen LogP contribution in [0.4, 0.5) is 5.69 Å². The van der Waals surface area contributed by atoms with Crippen LogP contribution in [0.1, 0.15) is 6.92 Å². The van der Waals surface area contributed by atoms with Gasteiger partial charge in [-0.1, -0.05) is 6.07 Å². The third kappa shape index (κ3) is 1.79. The van der Waals surface area contributed by atoms with Crippen LogP contribution in [0.5, 0.6) is 0 Å². The van der Waals surface area contributed by atoms with Gasteiger partial charge in [0.2, 0.25) is 0 Å². The van der Waals surface area contributed by atoms with Crippen molar-refractivity contribution in [2.24, 2.45) is 0 Å². The highest BCUT2D eigenvalue weighted by atomic mass is 16.4. The maximum atomic E-state index is 10.7. The molecular formula is C11H12N2O2. The number of nitrogens with zero attached hydrogens (tertiary/aromatic N) is 1. The van der Waals surface area contributed by atoms with Crippen molar-refractivity contribution in [3.05, 3.63) is 36.7 Å². The van der Waals surface area contributed by atoms with Crippen LogP contribution in [-0.2, 0) is 4.79 Å². The average Bonchev–Trinajstić information content (AvgIpc) is 2.62. The predicted molar refractivity (Wildman–Crippen MR) is 58.1 cm³/mol. The highest BCUT2D eigenvalue weighted by molar-refractivity contribution is 5.81. The standard InChI is InChI=1S/C11H12N2O2/c1-8(11(14)15)12-9-5-7-13-6-3-2-4-10(9)13/h2-8,12H,1H3,(H,14,15). The maximum absolute atomic E-state index is 10.7. The minimum atomic E-state index is -0.856. The quantitative estimate of drug-likeness (QED) is 0.801. The van der Waals surface area contributed by atoms with E-state index in [1.807, 2.05) is 41.1 Å². The fourth-order valence-electron chi connectivity index (χ4n) is 1.47. The smallest absolute Gasteiger partial charge is 0.325 e. The number of carboxylic acids is 1. The second kappa shape index (κ2) is 3.65. The topological polar surface area (TPSA) is 53.7 Å². The number of aliphatic carboxylic acids is 1. The molecule has 1 unspecified atom stereocenters. The van der Waals surface area contributed by atoms with Gasteiger partial charge in [-0.3, -0.25) is 4.79 Å². The Kier molecular flexibility index (Phi) is 2.33. The van der Waals surface area contributed by atoms with Gasteiger partial charge in [0.25, 0.3) is 0 Å². The number of nitrogens with one attached hydrogen (secondary N) is 1. The largest absolute Gasteiger partial charge is 0.480 e. The van der Waals surface area contributed by atoms with E-state index < -0.39 is 12.0 Å². The van der Waals surface area contributed by atoms with Gasteiger partial charge in [-0.15, -0.1) is 0 Å². The number of hydrogen-bond acceptors (Lipinski definition) is 2. The Hall–Kier alpha value is -1.97. The van der Waals surface area contributed by atoms with Crippen molar-refractivity contribution in [1.82, 2.24) is 4.40 Å². The maximum Gasteiger partial charge on any atom is 0.325 e. The van der Waals surface area contributed by atoms with Crippen LogP contribution in [-0.4, -0.2) is 21.5 Å². The molecule has 0 saturated heterocycles. The fourth-order valence-corrected chi connectivity index (χ4v) is 1.47. The van der Waals surface area contributed by atoms with Crippen LogP contribution in [0, 0.1) is 0 Å². The minimum absolute atomic E-state index is 0.587. The van der Waals surface area contributed by atoms with E-state index in [0.29, 0.717) is 0 Å². The van der Waals surface area contributed by atoms with Crippen LogP contribution in [0.25, 0.3) is 5.52 Å². The van der Waals surface area contributed by atoms with Crippen LogP contribution in [0.3, 0.4) is 0 Å². The molecule has 2 aromatic heterocycles. The molecular weight excluding hydrogens is 192 g/mol. The van der Waals surface area contributed by atoms with E-state index in [1.54, 1.807) is 6.92 Å². The number of pyridine rings is 1. The Morgan fingerprint density at radius 3 is 2.93 bits per heavy atom. The number of anilines is 1. The normalized spacial score (nSPS) is 12.6. The van der Waals surface area contributed by atoms with E-state index in [9.17, 15) is 4.79 Å². The van der Waals surface area contributed by atoms with Crippen molar-refractivity contribution in [1.29, 1.82) is 0 Å². The molecule has 0 aliphatic carbocycles. The van der Waals surface area contributed by atoms with Gasteiger partial charge in [0, 0.05) is 12.4 Å². The SMILES string of the molecule is CC(Nc1ccn2ccccc12)C(=O)O. The molecule has 0 fully saturated rings. The summed E-state index contributed by atoms with van der Waals surface area (Å²) < 4.78 is 1.94. The number of carboxylic acid groups (broad SMARTS) is 1. The van der Waals surface area contributed by atoms with E-state index in [4.69, 9.17) is 5.11 Å². The molecule has 0 saturated carbocycles. The lowest BCUT2D eigenvalue weighted by Gasteiger charge is -2.09. The Morgan fingerprint density at radius 1 is 1.40 bits per heavy atom. The number of fused-ring (bicyclic) bond motifs is 1. The predicted octanol–water partition coefficient (Wildman–Crippen LogP) is 1.82. The van der Waals surface area contributed by atoms with Gasteiger partial charge in [-0.2, -0.15) is 0 Å². The first-order valence-corrected chi connectivity index (χ1v) is 4.73. The number of hydrogen-bond donors (Lipinski definition) is 2. The summed E-state index contributed by atoms with van der Waals surface area (Å²) in [7, 11) is 0. The van der Waals surface area contributed by atoms with Gasteiger partial charge < -0.3 is 14.8 Å². The van der Waals surface area contributed by atoms with Gasteiger partial charge in [-0.25, -0.2) is 0 Å². The summed E-state index contributed by atoms with van der Waals surface area (Å²) >= 11 is 0. The molecule has 2 heterocycles. The zero-order chi connectivity index (χ0) is 10.8. The van der Waals surface area contributed by atoms with Gasteiger partial charge >= 0.3 is 5.97 Å². The fraction of sp³-hybridized carbons (Fsp3) is 0.182. The summed E-state index contributed by atoms with van der Waals surface area (Å²) in [6.07, 6.45) is 3.82. The number of aromatic nitrogens is 1. The highest BCUT2D eigenvalue weighted by Gasteiger charge is 2.11. The first-order chi connectivity index (χ1) is 7.18. The van der Waals surface area contributed by atoms with Crippen LogP contribution >= 0.6 is 0 Å². The van der Waals surface area contributed by atoms with E-state index >= 15 is 0 Å². The zero-order valence-corrected chi connectivity index (χ0v) is 8.34. The van der Waals surface area contributed by atoms with Crippen molar-refractivity contribution in [3.63, 3.8) is 0 Å². The third-order valence-corrected chi connectivity index (χ3v) is 2.31. The van der Waals surface area contributed by atoms with Crippen molar-refractivity contribution < 1.29 is 9.90 Å². The lowest BCUT2D eigenvalue weighted by atomic mass is 10.3. The lowest BCUT2D eigenvalue weighted by Crippen LogP contribution is -2.25. The molecule has 2 rings (SSSR count). The van der Waals surface area contributed by atoms with Gasteiger partial charge in [0.15, 0.2) is 0 Å². The molecule has 15 heavy (non-hydrogen) atoms. The van der Waals surface area contributed by atoms with Crippen molar-refractivity contribution in [2.75, 3.05) is 5.32 Å². The summed E-state index contributed by atoms with van der Waals surface area (Å²) in [4.78, 5) is 10.7. The Labute approximate surface area is 87.2 Å². The second-order valence-electron chi connectivity index (χ2n) is 3.43. The molecule has 1 atom stereocenters. The monoisotopic (exact) mass is 204 g/mol. The Morgan fingerprint density at radius 2 is 2.20 bits per heavy atom. The summed E-state index contributed by atoms with van der Waals surface area (Å²) in [6, 6.07) is 7.08. The summed E-state index contributed by atoms with van der Waals surface area (Å²) in [6.45, 7) is 1.62. The molecule has 0 bridgehead atoms. The Bertz CT molecular complexity index is 490. The number of carbonyl (C=O) groups is 1. The average molecular weight is 204 g/mol.